The second kappa shape index (κ2) is 5.79. The Bertz CT molecular complexity index is 673. The number of hydrogen-bond donors (Lipinski definition) is 1. The number of methoxy groups -OCH3 is 1. The predicted octanol–water partition coefficient (Wildman–Crippen LogP) is 1.23. The third-order valence-electron chi connectivity index (χ3n) is 2.80. The van der Waals surface area contributed by atoms with Gasteiger partial charge in [-0.05, 0) is 6.07 Å². The lowest BCUT2D eigenvalue weighted by atomic mass is 10.1. The Morgan fingerprint density at radius 2 is 2.10 bits per heavy atom. The van der Waals surface area contributed by atoms with Crippen molar-refractivity contribution in [2.75, 3.05) is 7.11 Å². The fourth-order valence-electron chi connectivity index (χ4n) is 1.76. The fourth-order valence-corrected chi connectivity index (χ4v) is 1.76. The van der Waals surface area contributed by atoms with Crippen molar-refractivity contribution in [3.8, 4) is 5.88 Å². The van der Waals surface area contributed by atoms with Gasteiger partial charge in [0.15, 0.2) is 11.6 Å². The molecule has 0 saturated carbocycles. The zero-order valence-corrected chi connectivity index (χ0v) is 10.7. The molecule has 0 amide bonds. The van der Waals surface area contributed by atoms with Gasteiger partial charge in [-0.3, -0.25) is 4.79 Å². The Morgan fingerprint density at radius 3 is 2.80 bits per heavy atom. The van der Waals surface area contributed by atoms with Crippen LogP contribution in [0.4, 0.5) is 8.78 Å². The van der Waals surface area contributed by atoms with E-state index in [-0.39, 0.29) is 18.0 Å². The van der Waals surface area contributed by atoms with E-state index >= 15 is 0 Å². The highest BCUT2D eigenvalue weighted by molar-refractivity contribution is 5.22. The third-order valence-corrected chi connectivity index (χ3v) is 2.80. The normalized spacial score (nSPS) is 12.2. The van der Waals surface area contributed by atoms with Crippen LogP contribution in [-0.4, -0.2) is 16.9 Å². The maximum absolute atomic E-state index is 13.6. The highest BCUT2D eigenvalue weighted by Crippen LogP contribution is 2.18. The van der Waals surface area contributed by atoms with E-state index in [0.29, 0.717) is 0 Å². The summed E-state index contributed by atoms with van der Waals surface area (Å²) in [6, 6.07) is 5.50. The third kappa shape index (κ3) is 2.83. The molecular formula is C13H13F2N3O2. The van der Waals surface area contributed by atoms with Crippen LogP contribution in [0.1, 0.15) is 11.6 Å². The van der Waals surface area contributed by atoms with Crippen molar-refractivity contribution in [2.45, 2.75) is 12.6 Å². The first-order chi connectivity index (χ1) is 9.52. The summed E-state index contributed by atoms with van der Waals surface area (Å²) in [5.74, 6) is -1.77. The number of halogens is 2. The number of nitrogens with zero attached hydrogens (tertiary/aromatic N) is 2. The first kappa shape index (κ1) is 14.1. The van der Waals surface area contributed by atoms with Gasteiger partial charge >= 0.3 is 0 Å². The minimum absolute atomic E-state index is 0.0125. The Hall–Kier alpha value is -2.28. The van der Waals surface area contributed by atoms with E-state index in [0.717, 1.165) is 10.7 Å². The van der Waals surface area contributed by atoms with Gasteiger partial charge in [0.2, 0.25) is 5.88 Å². The van der Waals surface area contributed by atoms with Gasteiger partial charge < -0.3 is 10.5 Å². The van der Waals surface area contributed by atoms with Crippen LogP contribution >= 0.6 is 0 Å². The lowest BCUT2D eigenvalue weighted by molar-refractivity contribution is 0.368. The smallest absolute Gasteiger partial charge is 0.267 e. The standard InChI is InChI=1S/C13H13F2N3O2/c1-20-11-5-6-12(19)18(17-11)7-10(16)8-3-2-4-9(14)13(8)15/h2-6,10H,7,16H2,1H3. The molecule has 2 N–H and O–H groups in total. The van der Waals surface area contributed by atoms with Crippen molar-refractivity contribution in [1.29, 1.82) is 0 Å². The van der Waals surface area contributed by atoms with Gasteiger partial charge in [0.05, 0.1) is 19.7 Å². The zero-order valence-electron chi connectivity index (χ0n) is 10.7. The molecule has 2 aromatic rings. The summed E-state index contributed by atoms with van der Waals surface area (Å²) in [6.07, 6.45) is 0. The molecule has 1 unspecified atom stereocenters. The number of aromatic nitrogens is 2. The van der Waals surface area contributed by atoms with Gasteiger partial charge in [-0.1, -0.05) is 12.1 Å². The van der Waals surface area contributed by atoms with Gasteiger partial charge in [-0.15, -0.1) is 5.10 Å². The maximum Gasteiger partial charge on any atom is 0.267 e. The second-order valence-corrected chi connectivity index (χ2v) is 4.15. The summed E-state index contributed by atoms with van der Waals surface area (Å²) in [5, 5.41) is 3.89. The van der Waals surface area contributed by atoms with Gasteiger partial charge in [0.1, 0.15) is 0 Å². The summed E-state index contributed by atoms with van der Waals surface area (Å²) in [6.45, 7) is -0.0869. The highest BCUT2D eigenvalue weighted by Gasteiger charge is 2.16. The summed E-state index contributed by atoms with van der Waals surface area (Å²) >= 11 is 0. The molecule has 1 aromatic heterocycles. The molecule has 0 aliphatic rings. The minimum atomic E-state index is -1.02. The molecule has 20 heavy (non-hydrogen) atoms. The number of nitrogens with two attached hydrogens (primary N) is 1. The van der Waals surface area contributed by atoms with Crippen LogP contribution in [0.5, 0.6) is 5.88 Å². The van der Waals surface area contributed by atoms with E-state index in [1.54, 1.807) is 0 Å². The number of ether oxygens (including phenoxy) is 1. The molecule has 1 atom stereocenters. The quantitative estimate of drug-likeness (QED) is 0.915. The van der Waals surface area contributed by atoms with Crippen LogP contribution in [0.15, 0.2) is 35.1 Å². The Morgan fingerprint density at radius 1 is 1.35 bits per heavy atom. The molecule has 0 aliphatic carbocycles. The molecular weight excluding hydrogens is 268 g/mol. The van der Waals surface area contributed by atoms with E-state index in [9.17, 15) is 13.6 Å². The van der Waals surface area contributed by atoms with E-state index in [1.807, 2.05) is 0 Å². The molecule has 106 valence electrons. The molecule has 0 bridgehead atoms. The second-order valence-electron chi connectivity index (χ2n) is 4.15. The fraction of sp³-hybridized carbons (Fsp3) is 0.231. The molecule has 0 spiro atoms. The van der Waals surface area contributed by atoms with Crippen LogP contribution in [-0.2, 0) is 6.54 Å². The van der Waals surface area contributed by atoms with Crippen LogP contribution < -0.4 is 16.0 Å². The Balaban J connectivity index is 2.30. The summed E-state index contributed by atoms with van der Waals surface area (Å²) in [5.41, 5.74) is 5.39. The molecule has 1 heterocycles. The average molecular weight is 281 g/mol. The maximum atomic E-state index is 13.6. The van der Waals surface area contributed by atoms with Crippen molar-refractivity contribution >= 4 is 0 Å². The summed E-state index contributed by atoms with van der Waals surface area (Å²) in [7, 11) is 1.41. The minimum Gasteiger partial charge on any atom is -0.480 e. The van der Waals surface area contributed by atoms with Crippen molar-refractivity contribution in [3.05, 3.63) is 57.9 Å². The summed E-state index contributed by atoms with van der Waals surface area (Å²) in [4.78, 5) is 11.6. The van der Waals surface area contributed by atoms with Crippen molar-refractivity contribution in [2.24, 2.45) is 5.73 Å². The average Bonchev–Trinajstić information content (AvgIpc) is 2.44. The van der Waals surface area contributed by atoms with E-state index in [2.05, 4.69) is 5.10 Å². The van der Waals surface area contributed by atoms with Crippen LogP contribution in [0.2, 0.25) is 0 Å². The zero-order chi connectivity index (χ0) is 14.7. The monoisotopic (exact) mass is 281 g/mol. The van der Waals surface area contributed by atoms with Crippen LogP contribution in [0, 0.1) is 11.6 Å². The predicted molar refractivity (Wildman–Crippen MR) is 68.3 cm³/mol. The molecule has 7 heteroatoms. The van der Waals surface area contributed by atoms with Crippen LogP contribution in [0.3, 0.4) is 0 Å². The van der Waals surface area contributed by atoms with E-state index < -0.39 is 23.2 Å². The largest absolute Gasteiger partial charge is 0.480 e. The van der Waals surface area contributed by atoms with Crippen molar-refractivity contribution in [1.82, 2.24) is 9.78 Å². The number of hydrogen-bond acceptors (Lipinski definition) is 4. The number of benzene rings is 1. The van der Waals surface area contributed by atoms with Crippen LogP contribution in [0.25, 0.3) is 0 Å². The molecule has 5 nitrogen and oxygen atoms in total. The SMILES string of the molecule is COc1ccc(=O)n(CC(N)c2cccc(F)c2F)n1. The lowest BCUT2D eigenvalue weighted by Crippen LogP contribution is -2.29. The van der Waals surface area contributed by atoms with Gasteiger partial charge in [-0.2, -0.15) is 0 Å². The van der Waals surface area contributed by atoms with Crippen molar-refractivity contribution < 1.29 is 13.5 Å². The van der Waals surface area contributed by atoms with Gasteiger partial charge in [-0.25, -0.2) is 13.5 Å². The molecule has 0 radical (unpaired) electrons. The first-order valence-corrected chi connectivity index (χ1v) is 5.84. The Labute approximate surface area is 113 Å². The van der Waals surface area contributed by atoms with E-state index in [1.165, 1.54) is 31.4 Å². The van der Waals surface area contributed by atoms with Gasteiger partial charge in [0.25, 0.3) is 5.56 Å². The molecule has 2 rings (SSSR count). The molecule has 0 saturated heterocycles. The molecule has 1 aromatic carbocycles. The lowest BCUT2D eigenvalue weighted by Gasteiger charge is -2.14. The van der Waals surface area contributed by atoms with E-state index in [4.69, 9.17) is 10.5 Å². The Kier molecular flexibility index (Phi) is 4.09. The summed E-state index contributed by atoms with van der Waals surface area (Å²) < 4.78 is 32.7. The van der Waals surface area contributed by atoms with Gasteiger partial charge in [0, 0.05) is 17.7 Å². The molecule has 0 aliphatic heterocycles. The molecule has 0 fully saturated rings. The van der Waals surface area contributed by atoms with Crippen molar-refractivity contribution in [3.63, 3.8) is 0 Å². The number of rotatable bonds is 4. The topological polar surface area (TPSA) is 70.1 Å². The first-order valence-electron chi connectivity index (χ1n) is 5.84. The highest BCUT2D eigenvalue weighted by atomic mass is 19.2.